The molecule has 0 unspecified atom stereocenters. The highest BCUT2D eigenvalue weighted by atomic mass is 32.2. The summed E-state index contributed by atoms with van der Waals surface area (Å²) in [5, 5.41) is 0. The molecule has 232 valence electrons. The largest absolute Gasteiger partial charge is 0.208 e. The van der Waals surface area contributed by atoms with E-state index in [9.17, 15) is 0 Å². The Balaban J connectivity index is 1.27. The van der Waals surface area contributed by atoms with Gasteiger partial charge in [0, 0.05) is 31.9 Å². The standard InChI is InChI=1S/C43H39N3S/c1-41(2)26-42(3,4)34-24-30(20-22-32(34)41)39-44-38(29-18-16-28(17-19-29)27-12-8-7-9-13-27)45-40(46-39)31-21-23-37-35(25-31)43(5,6)33-14-10-11-15-36(33)47-37/h7-25H,26H2,1-6H3. The van der Waals surface area contributed by atoms with Crippen molar-refractivity contribution < 1.29 is 0 Å². The first kappa shape index (κ1) is 29.8. The minimum atomic E-state index is -0.141. The lowest BCUT2D eigenvalue weighted by molar-refractivity contribution is 0.403. The molecule has 3 nitrogen and oxygen atoms in total. The van der Waals surface area contributed by atoms with Gasteiger partial charge in [-0.3, -0.25) is 0 Å². The Morgan fingerprint density at radius 3 is 1.62 bits per heavy atom. The highest BCUT2D eigenvalue weighted by Gasteiger charge is 2.42. The summed E-state index contributed by atoms with van der Waals surface area (Å²) in [6.07, 6.45) is 1.12. The van der Waals surface area contributed by atoms with Crippen molar-refractivity contribution in [2.75, 3.05) is 0 Å². The number of aromatic nitrogens is 3. The molecule has 0 bridgehead atoms. The van der Waals surface area contributed by atoms with E-state index in [0.29, 0.717) is 17.5 Å². The van der Waals surface area contributed by atoms with Crippen molar-refractivity contribution in [1.82, 2.24) is 15.0 Å². The first-order valence-corrected chi connectivity index (χ1v) is 17.3. The lowest BCUT2D eigenvalue weighted by Gasteiger charge is -2.34. The van der Waals surface area contributed by atoms with E-state index in [0.717, 1.165) is 23.1 Å². The third-order valence-electron chi connectivity index (χ3n) is 10.2. The Kier molecular flexibility index (Phi) is 6.82. The van der Waals surface area contributed by atoms with Gasteiger partial charge in [-0.25, -0.2) is 15.0 Å². The van der Waals surface area contributed by atoms with Crippen LogP contribution in [0, 0.1) is 0 Å². The van der Waals surface area contributed by atoms with E-state index in [1.807, 2.05) is 17.8 Å². The second-order valence-corrected chi connectivity index (χ2v) is 16.0. The van der Waals surface area contributed by atoms with Crippen molar-refractivity contribution in [2.45, 2.75) is 74.0 Å². The van der Waals surface area contributed by atoms with Crippen LogP contribution in [0.4, 0.5) is 0 Å². The van der Waals surface area contributed by atoms with Crippen LogP contribution >= 0.6 is 11.8 Å². The van der Waals surface area contributed by atoms with Gasteiger partial charge in [0.05, 0.1) is 0 Å². The molecule has 2 heterocycles. The van der Waals surface area contributed by atoms with Crippen LogP contribution in [0.2, 0.25) is 0 Å². The number of hydrogen-bond donors (Lipinski definition) is 0. The van der Waals surface area contributed by atoms with Crippen molar-refractivity contribution >= 4 is 11.8 Å². The zero-order valence-corrected chi connectivity index (χ0v) is 28.7. The number of nitrogens with zero attached hydrogens (tertiary/aromatic N) is 3. The number of benzene rings is 5. The third kappa shape index (κ3) is 5.10. The molecule has 4 heteroatoms. The minimum absolute atomic E-state index is 0.0822. The molecule has 0 spiro atoms. The summed E-state index contributed by atoms with van der Waals surface area (Å²) in [6, 6.07) is 41.3. The molecule has 0 saturated carbocycles. The van der Waals surface area contributed by atoms with E-state index < -0.39 is 0 Å². The summed E-state index contributed by atoms with van der Waals surface area (Å²) in [7, 11) is 0. The van der Waals surface area contributed by atoms with E-state index in [4.69, 9.17) is 15.0 Å². The molecular weight excluding hydrogens is 591 g/mol. The Bertz CT molecular complexity index is 2160. The average Bonchev–Trinajstić information content (AvgIpc) is 3.27. The van der Waals surface area contributed by atoms with Gasteiger partial charge in [-0.15, -0.1) is 0 Å². The van der Waals surface area contributed by atoms with Gasteiger partial charge < -0.3 is 0 Å². The van der Waals surface area contributed by atoms with E-state index in [1.165, 1.54) is 43.2 Å². The number of rotatable bonds is 4. The van der Waals surface area contributed by atoms with Crippen LogP contribution in [0.15, 0.2) is 125 Å². The SMILES string of the molecule is CC1(C)CC(C)(C)c2cc(-c3nc(-c4ccc(-c5ccccc5)cc4)nc(-c4ccc5c(c4)C(C)(C)c4ccccc4S5)n3)ccc21. The van der Waals surface area contributed by atoms with Gasteiger partial charge in [-0.05, 0) is 74.9 Å². The summed E-state index contributed by atoms with van der Waals surface area (Å²) in [6.45, 7) is 14.1. The van der Waals surface area contributed by atoms with Gasteiger partial charge in [0.1, 0.15) is 0 Å². The summed E-state index contributed by atoms with van der Waals surface area (Å²) >= 11 is 1.85. The smallest absolute Gasteiger partial charge is 0.164 e. The lowest BCUT2D eigenvalue weighted by Crippen LogP contribution is -2.23. The molecule has 0 atom stereocenters. The highest BCUT2D eigenvalue weighted by molar-refractivity contribution is 7.99. The Labute approximate surface area is 282 Å². The minimum Gasteiger partial charge on any atom is -0.208 e. The molecule has 0 fully saturated rings. The molecule has 0 amide bonds. The first-order valence-electron chi connectivity index (χ1n) is 16.5. The fourth-order valence-corrected chi connectivity index (χ4v) is 9.29. The lowest BCUT2D eigenvalue weighted by atomic mass is 9.77. The Morgan fingerprint density at radius 1 is 0.426 bits per heavy atom. The first-order chi connectivity index (χ1) is 22.5. The second kappa shape index (κ2) is 10.7. The van der Waals surface area contributed by atoms with Crippen LogP contribution in [0.1, 0.15) is 70.2 Å². The van der Waals surface area contributed by atoms with E-state index in [2.05, 4.69) is 151 Å². The molecule has 6 aromatic rings. The third-order valence-corrected chi connectivity index (χ3v) is 11.3. The van der Waals surface area contributed by atoms with Gasteiger partial charge >= 0.3 is 0 Å². The van der Waals surface area contributed by atoms with Gasteiger partial charge in [-0.1, -0.05) is 144 Å². The monoisotopic (exact) mass is 629 g/mol. The van der Waals surface area contributed by atoms with Crippen molar-refractivity contribution in [1.29, 1.82) is 0 Å². The molecule has 8 rings (SSSR count). The summed E-state index contributed by atoms with van der Waals surface area (Å²) < 4.78 is 0. The van der Waals surface area contributed by atoms with E-state index in [-0.39, 0.29) is 16.2 Å². The van der Waals surface area contributed by atoms with E-state index in [1.54, 1.807) is 0 Å². The van der Waals surface area contributed by atoms with Crippen molar-refractivity contribution in [2.24, 2.45) is 0 Å². The van der Waals surface area contributed by atoms with Crippen LogP contribution in [0.5, 0.6) is 0 Å². The predicted octanol–water partition coefficient (Wildman–Crippen LogP) is 11.3. The molecule has 0 radical (unpaired) electrons. The molecule has 2 aliphatic rings. The van der Waals surface area contributed by atoms with Gasteiger partial charge in [0.15, 0.2) is 17.5 Å². The number of fused-ring (bicyclic) bond motifs is 3. The van der Waals surface area contributed by atoms with Crippen LogP contribution in [-0.4, -0.2) is 15.0 Å². The Hall–Kier alpha value is -4.54. The number of hydrogen-bond acceptors (Lipinski definition) is 4. The normalized spacial score (nSPS) is 16.6. The van der Waals surface area contributed by atoms with Crippen molar-refractivity contribution in [3.05, 3.63) is 138 Å². The molecule has 1 aliphatic heterocycles. The van der Waals surface area contributed by atoms with Gasteiger partial charge in [0.25, 0.3) is 0 Å². The fourth-order valence-electron chi connectivity index (χ4n) is 7.92. The molecule has 0 saturated heterocycles. The maximum Gasteiger partial charge on any atom is 0.164 e. The molecular formula is C43H39N3S. The maximum atomic E-state index is 5.19. The summed E-state index contributed by atoms with van der Waals surface area (Å²) in [5.74, 6) is 2.08. The van der Waals surface area contributed by atoms with Gasteiger partial charge in [0.2, 0.25) is 0 Å². The second-order valence-electron chi connectivity index (χ2n) is 14.9. The van der Waals surface area contributed by atoms with Crippen LogP contribution in [-0.2, 0) is 16.2 Å². The molecule has 1 aliphatic carbocycles. The maximum absolute atomic E-state index is 5.19. The van der Waals surface area contributed by atoms with Crippen LogP contribution in [0.3, 0.4) is 0 Å². The van der Waals surface area contributed by atoms with Crippen molar-refractivity contribution in [3.8, 4) is 45.3 Å². The average molecular weight is 630 g/mol. The zero-order valence-electron chi connectivity index (χ0n) is 27.9. The molecule has 5 aromatic carbocycles. The molecule has 47 heavy (non-hydrogen) atoms. The summed E-state index contributed by atoms with van der Waals surface area (Å²) in [5.41, 5.74) is 10.9. The van der Waals surface area contributed by atoms with Crippen LogP contribution in [0.25, 0.3) is 45.3 Å². The van der Waals surface area contributed by atoms with Gasteiger partial charge in [-0.2, -0.15) is 0 Å². The zero-order chi connectivity index (χ0) is 32.6. The van der Waals surface area contributed by atoms with Crippen molar-refractivity contribution in [3.63, 3.8) is 0 Å². The molecule has 1 aromatic heterocycles. The summed E-state index contributed by atoms with van der Waals surface area (Å²) in [4.78, 5) is 18.1. The quantitative estimate of drug-likeness (QED) is 0.194. The highest BCUT2D eigenvalue weighted by Crippen LogP contribution is 2.51. The predicted molar refractivity (Wildman–Crippen MR) is 195 cm³/mol. The fraction of sp³-hybridized carbons (Fsp3) is 0.233. The van der Waals surface area contributed by atoms with E-state index >= 15 is 0 Å². The Morgan fingerprint density at radius 2 is 0.915 bits per heavy atom. The van der Waals surface area contributed by atoms with Crippen LogP contribution < -0.4 is 0 Å². The molecule has 0 N–H and O–H groups in total. The topological polar surface area (TPSA) is 38.7 Å².